The summed E-state index contributed by atoms with van der Waals surface area (Å²) in [5, 5.41) is 3.74. The fourth-order valence-corrected chi connectivity index (χ4v) is 3.51. The lowest BCUT2D eigenvalue weighted by Crippen LogP contribution is -2.31. The lowest BCUT2D eigenvalue weighted by Gasteiger charge is -2.15. The maximum atomic E-state index is 12.8. The molecule has 1 aromatic carbocycles. The lowest BCUT2D eigenvalue weighted by atomic mass is 10.0. The lowest BCUT2D eigenvalue weighted by molar-refractivity contribution is -0.121. The van der Waals surface area contributed by atoms with Gasteiger partial charge in [-0.3, -0.25) is 14.2 Å². The number of carbonyl (C=O) groups excluding carboxylic acids is 1. The largest absolute Gasteiger partial charge is 0.356 e. The molecule has 1 amide bonds. The van der Waals surface area contributed by atoms with Crippen LogP contribution in [0.25, 0.3) is 10.9 Å². The van der Waals surface area contributed by atoms with Gasteiger partial charge in [0.05, 0.1) is 10.9 Å². The summed E-state index contributed by atoms with van der Waals surface area (Å²) in [6.45, 7) is 2.97. The van der Waals surface area contributed by atoms with Crippen LogP contribution in [0.2, 0.25) is 0 Å². The number of nitrogens with zero attached hydrogens (tertiary/aromatic N) is 2. The second-order valence-corrected chi connectivity index (χ2v) is 7.58. The van der Waals surface area contributed by atoms with Crippen molar-refractivity contribution in [3.8, 4) is 0 Å². The molecule has 1 heterocycles. The van der Waals surface area contributed by atoms with Crippen molar-refractivity contribution in [1.82, 2.24) is 14.9 Å². The average Bonchev–Trinajstić information content (AvgIpc) is 3.53. The predicted molar refractivity (Wildman–Crippen MR) is 97.6 cm³/mol. The van der Waals surface area contributed by atoms with Crippen LogP contribution in [0.15, 0.2) is 29.1 Å². The van der Waals surface area contributed by atoms with Gasteiger partial charge in [0.15, 0.2) is 0 Å². The van der Waals surface area contributed by atoms with E-state index in [0.29, 0.717) is 23.6 Å². The third kappa shape index (κ3) is 3.32. The number of aryl methyl sites for hydroxylation is 1. The zero-order chi connectivity index (χ0) is 17.4. The minimum atomic E-state index is 0.0337. The molecule has 0 unspecified atom stereocenters. The normalized spacial score (nSPS) is 18.3. The summed E-state index contributed by atoms with van der Waals surface area (Å²) in [7, 11) is 0. The van der Waals surface area contributed by atoms with Crippen LogP contribution in [-0.2, 0) is 11.2 Å². The van der Waals surface area contributed by atoms with Crippen LogP contribution in [0.1, 0.15) is 57.3 Å². The van der Waals surface area contributed by atoms with Crippen LogP contribution in [0.5, 0.6) is 0 Å². The number of benzene rings is 1. The van der Waals surface area contributed by atoms with E-state index in [9.17, 15) is 9.59 Å². The Kier molecular flexibility index (Phi) is 4.10. The van der Waals surface area contributed by atoms with Crippen molar-refractivity contribution in [3.05, 3.63) is 40.4 Å². The molecular weight excluding hydrogens is 314 g/mol. The topological polar surface area (TPSA) is 64.0 Å². The molecule has 2 fully saturated rings. The highest BCUT2D eigenvalue weighted by molar-refractivity contribution is 5.78. The highest BCUT2D eigenvalue weighted by Crippen LogP contribution is 2.47. The molecule has 0 saturated heterocycles. The van der Waals surface area contributed by atoms with Crippen molar-refractivity contribution in [1.29, 1.82) is 0 Å². The number of nitrogens with one attached hydrogen (secondary N) is 1. The van der Waals surface area contributed by atoms with Gasteiger partial charge in [-0.1, -0.05) is 19.1 Å². The fourth-order valence-electron chi connectivity index (χ4n) is 3.51. The summed E-state index contributed by atoms with van der Waals surface area (Å²) in [6.07, 6.45) is 6.52. The fraction of sp³-hybridized carbons (Fsp3) is 0.550. The summed E-state index contributed by atoms with van der Waals surface area (Å²) in [5.74, 6) is 0.808. The van der Waals surface area contributed by atoms with Crippen molar-refractivity contribution in [3.63, 3.8) is 0 Å². The van der Waals surface area contributed by atoms with E-state index < -0.39 is 0 Å². The molecule has 1 aromatic heterocycles. The van der Waals surface area contributed by atoms with E-state index in [0.717, 1.165) is 37.1 Å². The molecule has 25 heavy (non-hydrogen) atoms. The number of rotatable bonds is 7. The van der Waals surface area contributed by atoms with Crippen LogP contribution < -0.4 is 10.9 Å². The molecule has 0 aliphatic heterocycles. The number of para-hydroxylation sites is 1. The van der Waals surface area contributed by atoms with Crippen molar-refractivity contribution in [2.24, 2.45) is 5.41 Å². The molecule has 132 valence electrons. The van der Waals surface area contributed by atoms with Crippen LogP contribution in [0.3, 0.4) is 0 Å². The van der Waals surface area contributed by atoms with Crippen molar-refractivity contribution in [2.75, 3.05) is 6.54 Å². The number of carbonyl (C=O) groups is 1. The van der Waals surface area contributed by atoms with Crippen LogP contribution in [0.4, 0.5) is 0 Å². The molecule has 4 rings (SSSR count). The van der Waals surface area contributed by atoms with E-state index in [2.05, 4.69) is 17.2 Å². The number of fused-ring (bicyclic) bond motifs is 1. The van der Waals surface area contributed by atoms with E-state index in [1.807, 2.05) is 28.8 Å². The Morgan fingerprint density at radius 3 is 2.76 bits per heavy atom. The zero-order valence-electron chi connectivity index (χ0n) is 14.8. The van der Waals surface area contributed by atoms with E-state index >= 15 is 0 Å². The Morgan fingerprint density at radius 2 is 2.08 bits per heavy atom. The van der Waals surface area contributed by atoms with Gasteiger partial charge in [-0.05, 0) is 49.7 Å². The third-order valence-electron chi connectivity index (χ3n) is 5.74. The Bertz CT molecular complexity index is 863. The first-order valence-corrected chi connectivity index (χ1v) is 9.39. The Labute approximate surface area is 147 Å². The number of amides is 1. The summed E-state index contributed by atoms with van der Waals surface area (Å²) in [5.41, 5.74) is 1.11. The Morgan fingerprint density at radius 1 is 1.32 bits per heavy atom. The molecule has 5 nitrogen and oxygen atoms in total. The van der Waals surface area contributed by atoms with Gasteiger partial charge in [0.2, 0.25) is 5.91 Å². The van der Waals surface area contributed by atoms with Crippen LogP contribution >= 0.6 is 0 Å². The summed E-state index contributed by atoms with van der Waals surface area (Å²) in [6, 6.07) is 7.73. The molecule has 2 saturated carbocycles. The SMILES string of the molecule is CCC1(CNC(=O)CCc2nc3ccccc3c(=O)n2C2CC2)CC1. The molecule has 5 heteroatoms. The Hall–Kier alpha value is -2.17. The number of hydrogen-bond acceptors (Lipinski definition) is 3. The monoisotopic (exact) mass is 339 g/mol. The van der Waals surface area contributed by atoms with Gasteiger partial charge in [0.25, 0.3) is 5.56 Å². The molecule has 0 bridgehead atoms. The third-order valence-corrected chi connectivity index (χ3v) is 5.74. The summed E-state index contributed by atoms with van der Waals surface area (Å²) >= 11 is 0. The van der Waals surface area contributed by atoms with Crippen molar-refractivity contribution >= 4 is 16.8 Å². The second-order valence-electron chi connectivity index (χ2n) is 7.58. The molecule has 2 aliphatic rings. The molecule has 2 aliphatic carbocycles. The molecule has 0 spiro atoms. The maximum Gasteiger partial charge on any atom is 0.261 e. The second kappa shape index (κ2) is 6.28. The molecule has 0 atom stereocenters. The first-order valence-electron chi connectivity index (χ1n) is 9.39. The standard InChI is InChI=1S/C20H25N3O2/c1-2-20(11-12-20)13-21-18(24)10-9-17-22-16-6-4-3-5-15(16)19(25)23(17)14-7-8-14/h3-6,14H,2,7-13H2,1H3,(H,21,24). The highest BCUT2D eigenvalue weighted by atomic mass is 16.1. The van der Waals surface area contributed by atoms with E-state index in [-0.39, 0.29) is 17.5 Å². The summed E-state index contributed by atoms with van der Waals surface area (Å²) < 4.78 is 1.82. The van der Waals surface area contributed by atoms with Crippen LogP contribution in [0, 0.1) is 5.41 Å². The van der Waals surface area contributed by atoms with Gasteiger partial charge < -0.3 is 5.32 Å². The van der Waals surface area contributed by atoms with Crippen molar-refractivity contribution < 1.29 is 4.79 Å². The predicted octanol–water partition coefficient (Wildman–Crippen LogP) is 2.97. The smallest absolute Gasteiger partial charge is 0.261 e. The van der Waals surface area contributed by atoms with Gasteiger partial charge in [-0.25, -0.2) is 4.98 Å². The number of hydrogen-bond donors (Lipinski definition) is 1. The molecule has 0 radical (unpaired) electrons. The average molecular weight is 339 g/mol. The first-order chi connectivity index (χ1) is 12.1. The van der Waals surface area contributed by atoms with Gasteiger partial charge >= 0.3 is 0 Å². The molecule has 1 N–H and O–H groups in total. The van der Waals surface area contributed by atoms with Crippen LogP contribution in [-0.4, -0.2) is 22.0 Å². The zero-order valence-corrected chi connectivity index (χ0v) is 14.8. The summed E-state index contributed by atoms with van der Waals surface area (Å²) in [4.78, 5) is 29.7. The highest BCUT2D eigenvalue weighted by Gasteiger charge is 2.40. The first kappa shape index (κ1) is 16.3. The Balaban J connectivity index is 1.50. The van der Waals surface area contributed by atoms with Gasteiger partial charge in [0, 0.05) is 25.4 Å². The molecule has 2 aromatic rings. The minimum Gasteiger partial charge on any atom is -0.356 e. The minimum absolute atomic E-state index is 0.0337. The molecular formula is C20H25N3O2. The maximum absolute atomic E-state index is 12.8. The van der Waals surface area contributed by atoms with Crippen molar-refractivity contribution in [2.45, 2.75) is 57.9 Å². The quantitative estimate of drug-likeness (QED) is 0.843. The van der Waals surface area contributed by atoms with Gasteiger partial charge in [-0.2, -0.15) is 0 Å². The van der Waals surface area contributed by atoms with Gasteiger partial charge in [-0.15, -0.1) is 0 Å². The van der Waals surface area contributed by atoms with E-state index in [4.69, 9.17) is 0 Å². The number of aromatic nitrogens is 2. The van der Waals surface area contributed by atoms with E-state index in [1.54, 1.807) is 0 Å². The van der Waals surface area contributed by atoms with E-state index in [1.165, 1.54) is 12.8 Å². The van der Waals surface area contributed by atoms with Gasteiger partial charge in [0.1, 0.15) is 5.82 Å².